The zero-order valence-corrected chi connectivity index (χ0v) is 14.0. The molecule has 0 bridgehead atoms. The van der Waals surface area contributed by atoms with Gasteiger partial charge in [-0.1, -0.05) is 40.5 Å². The van der Waals surface area contributed by atoms with Gasteiger partial charge in [-0.2, -0.15) is 5.10 Å². The molecule has 1 heterocycles. The number of hydrogen-bond acceptors (Lipinski definition) is 3. The first-order valence-electron chi connectivity index (χ1n) is 6.32. The zero-order chi connectivity index (χ0) is 14.7. The lowest BCUT2D eigenvalue weighted by Crippen LogP contribution is -2.25. The first-order valence-corrected chi connectivity index (χ1v) is 7.49. The van der Waals surface area contributed by atoms with E-state index in [-0.39, 0.29) is 6.04 Å². The minimum atomic E-state index is -0.0194. The molecule has 0 aliphatic carbocycles. The summed E-state index contributed by atoms with van der Waals surface area (Å²) in [6, 6.07) is 5.76. The van der Waals surface area contributed by atoms with Crippen LogP contribution in [0.2, 0.25) is 5.02 Å². The van der Waals surface area contributed by atoms with Crippen LogP contribution < -0.4 is 10.1 Å². The molecule has 6 heteroatoms. The van der Waals surface area contributed by atoms with E-state index < -0.39 is 0 Å². The molecule has 0 amide bonds. The van der Waals surface area contributed by atoms with Gasteiger partial charge in [0.1, 0.15) is 5.69 Å². The molecule has 108 valence electrons. The number of hydrogen-bond donors (Lipinski definition) is 1. The number of rotatable bonds is 5. The van der Waals surface area contributed by atoms with Crippen molar-refractivity contribution in [3.05, 3.63) is 45.1 Å². The van der Waals surface area contributed by atoms with Gasteiger partial charge in [-0.3, -0.25) is 4.68 Å². The molecular formula is C14H17BrClN3O. The van der Waals surface area contributed by atoms with Crippen molar-refractivity contribution in [3.63, 3.8) is 0 Å². The monoisotopic (exact) mass is 357 g/mol. The standard InChI is InChI=1S/C14H17BrClN3O/c1-4-17-13(10-6-5-9(16)7-11(10)15)14-12(20-3)8-18-19(14)2/h5-8,13,17H,4H2,1-3H3. The Balaban J connectivity index is 2.53. The Morgan fingerprint density at radius 1 is 1.50 bits per heavy atom. The maximum Gasteiger partial charge on any atom is 0.161 e. The van der Waals surface area contributed by atoms with Gasteiger partial charge in [-0.25, -0.2) is 0 Å². The second kappa shape index (κ2) is 6.61. The molecule has 4 nitrogen and oxygen atoms in total. The maximum absolute atomic E-state index is 6.02. The fourth-order valence-electron chi connectivity index (χ4n) is 2.21. The van der Waals surface area contributed by atoms with E-state index in [9.17, 15) is 0 Å². The van der Waals surface area contributed by atoms with Crippen molar-refractivity contribution in [1.29, 1.82) is 0 Å². The fraction of sp³-hybridized carbons (Fsp3) is 0.357. The summed E-state index contributed by atoms with van der Waals surface area (Å²) in [5, 5.41) is 8.44. The van der Waals surface area contributed by atoms with Crippen LogP contribution in [0.3, 0.4) is 0 Å². The summed E-state index contributed by atoms with van der Waals surface area (Å²) < 4.78 is 8.20. The first-order chi connectivity index (χ1) is 9.58. The second-order valence-corrected chi connectivity index (χ2v) is 5.67. The molecule has 1 N–H and O–H groups in total. The highest BCUT2D eigenvalue weighted by Gasteiger charge is 2.23. The third-order valence-corrected chi connectivity index (χ3v) is 4.05. The van der Waals surface area contributed by atoms with E-state index in [1.165, 1.54) is 0 Å². The van der Waals surface area contributed by atoms with Crippen LogP contribution in [0.4, 0.5) is 0 Å². The van der Waals surface area contributed by atoms with Gasteiger partial charge >= 0.3 is 0 Å². The lowest BCUT2D eigenvalue weighted by atomic mass is 10.0. The molecule has 0 aliphatic heterocycles. The van der Waals surface area contributed by atoms with Crippen LogP contribution in [0.25, 0.3) is 0 Å². The van der Waals surface area contributed by atoms with Crippen LogP contribution in [0.15, 0.2) is 28.9 Å². The van der Waals surface area contributed by atoms with E-state index >= 15 is 0 Å². The molecule has 1 aromatic carbocycles. The predicted octanol–water partition coefficient (Wildman–Crippen LogP) is 3.54. The van der Waals surface area contributed by atoms with Gasteiger partial charge in [-0.05, 0) is 24.2 Å². The van der Waals surface area contributed by atoms with E-state index in [0.717, 1.165) is 28.0 Å². The number of halogens is 2. The van der Waals surface area contributed by atoms with Gasteiger partial charge in [0.05, 0.1) is 19.3 Å². The molecule has 0 fully saturated rings. The Hall–Kier alpha value is -1.04. The van der Waals surface area contributed by atoms with Crippen LogP contribution in [0.5, 0.6) is 5.75 Å². The lowest BCUT2D eigenvalue weighted by Gasteiger charge is -2.21. The van der Waals surface area contributed by atoms with Gasteiger partial charge in [0.15, 0.2) is 5.75 Å². The minimum absolute atomic E-state index is 0.0194. The second-order valence-electron chi connectivity index (χ2n) is 4.38. The summed E-state index contributed by atoms with van der Waals surface area (Å²) in [5.41, 5.74) is 2.08. The van der Waals surface area contributed by atoms with Gasteiger partial charge in [0.2, 0.25) is 0 Å². The number of nitrogens with one attached hydrogen (secondary N) is 1. The van der Waals surface area contributed by atoms with Crippen molar-refractivity contribution in [2.75, 3.05) is 13.7 Å². The molecule has 0 saturated heterocycles. The summed E-state index contributed by atoms with van der Waals surface area (Å²) >= 11 is 9.60. The molecule has 0 saturated carbocycles. The van der Waals surface area contributed by atoms with E-state index in [0.29, 0.717) is 5.02 Å². The van der Waals surface area contributed by atoms with E-state index in [2.05, 4.69) is 33.3 Å². The van der Waals surface area contributed by atoms with Gasteiger partial charge in [-0.15, -0.1) is 0 Å². The highest BCUT2D eigenvalue weighted by molar-refractivity contribution is 9.10. The summed E-state index contributed by atoms with van der Waals surface area (Å²) in [4.78, 5) is 0. The lowest BCUT2D eigenvalue weighted by molar-refractivity contribution is 0.401. The van der Waals surface area contributed by atoms with Crippen molar-refractivity contribution in [1.82, 2.24) is 15.1 Å². The van der Waals surface area contributed by atoms with E-state index in [1.54, 1.807) is 13.3 Å². The molecule has 0 aliphatic rings. The molecule has 1 unspecified atom stereocenters. The molecular weight excluding hydrogens is 342 g/mol. The molecule has 2 rings (SSSR count). The third kappa shape index (κ3) is 3.00. The molecule has 1 aromatic heterocycles. The molecule has 1 atom stereocenters. The SMILES string of the molecule is CCNC(c1ccc(Cl)cc1Br)c1c(OC)cnn1C. The van der Waals surface area contributed by atoms with E-state index in [1.807, 2.05) is 29.9 Å². The van der Waals surface area contributed by atoms with Gasteiger partial charge < -0.3 is 10.1 Å². The Kier molecular flexibility index (Phi) is 5.07. The van der Waals surface area contributed by atoms with Crippen LogP contribution in [-0.2, 0) is 7.05 Å². The smallest absolute Gasteiger partial charge is 0.161 e. The third-order valence-electron chi connectivity index (χ3n) is 3.12. The minimum Gasteiger partial charge on any atom is -0.493 e. The van der Waals surface area contributed by atoms with Gasteiger partial charge in [0.25, 0.3) is 0 Å². The topological polar surface area (TPSA) is 39.1 Å². The Morgan fingerprint density at radius 3 is 2.85 bits per heavy atom. The van der Waals surface area contributed by atoms with Crippen molar-refractivity contribution < 1.29 is 4.74 Å². The number of methoxy groups -OCH3 is 1. The van der Waals surface area contributed by atoms with Crippen molar-refractivity contribution in [2.45, 2.75) is 13.0 Å². The average Bonchev–Trinajstić information content (AvgIpc) is 2.78. The quantitative estimate of drug-likeness (QED) is 0.888. The molecule has 20 heavy (non-hydrogen) atoms. The van der Waals surface area contributed by atoms with E-state index in [4.69, 9.17) is 16.3 Å². The van der Waals surface area contributed by atoms with Crippen LogP contribution >= 0.6 is 27.5 Å². The highest BCUT2D eigenvalue weighted by atomic mass is 79.9. The largest absolute Gasteiger partial charge is 0.493 e. The zero-order valence-electron chi connectivity index (χ0n) is 11.7. The van der Waals surface area contributed by atoms with Crippen LogP contribution in [-0.4, -0.2) is 23.4 Å². The number of ether oxygens (including phenoxy) is 1. The fourth-order valence-corrected chi connectivity index (χ4v) is 3.12. The number of benzene rings is 1. The summed E-state index contributed by atoms with van der Waals surface area (Å²) in [6.07, 6.45) is 1.73. The number of aryl methyl sites for hydroxylation is 1. The van der Waals surface area contributed by atoms with Gasteiger partial charge in [0, 0.05) is 16.5 Å². The Morgan fingerprint density at radius 2 is 2.25 bits per heavy atom. The summed E-state index contributed by atoms with van der Waals surface area (Å²) in [7, 11) is 3.56. The maximum atomic E-state index is 6.02. The van der Waals surface area contributed by atoms with Crippen molar-refractivity contribution >= 4 is 27.5 Å². The molecule has 0 radical (unpaired) electrons. The number of aromatic nitrogens is 2. The predicted molar refractivity (Wildman–Crippen MR) is 84.4 cm³/mol. The summed E-state index contributed by atoms with van der Waals surface area (Å²) in [6.45, 7) is 2.90. The molecule has 2 aromatic rings. The number of nitrogens with zero attached hydrogens (tertiary/aromatic N) is 2. The van der Waals surface area contributed by atoms with Crippen LogP contribution in [0.1, 0.15) is 24.2 Å². The van der Waals surface area contributed by atoms with Crippen LogP contribution in [0, 0.1) is 0 Å². The highest BCUT2D eigenvalue weighted by Crippen LogP contribution is 2.34. The summed E-state index contributed by atoms with van der Waals surface area (Å²) in [5.74, 6) is 0.764. The normalized spacial score (nSPS) is 12.4. The van der Waals surface area contributed by atoms with Crippen molar-refractivity contribution in [3.8, 4) is 5.75 Å². The Labute approximate surface area is 132 Å². The Bertz CT molecular complexity index is 600. The first kappa shape index (κ1) is 15.4. The average molecular weight is 359 g/mol. The molecule has 0 spiro atoms. The van der Waals surface area contributed by atoms with Crippen molar-refractivity contribution in [2.24, 2.45) is 7.05 Å².